The molecule has 8 heteroatoms. The quantitative estimate of drug-likeness (QED) is 0.622. The monoisotopic (exact) mass is 413 g/mol. The molecule has 1 aromatic carbocycles. The van der Waals surface area contributed by atoms with E-state index in [2.05, 4.69) is 24.1 Å². The zero-order valence-corrected chi connectivity index (χ0v) is 17.6. The van der Waals surface area contributed by atoms with Gasteiger partial charge >= 0.3 is 5.97 Å². The minimum atomic E-state index is -0.471. The summed E-state index contributed by atoms with van der Waals surface area (Å²) in [5, 5.41) is 3.13. The Kier molecular flexibility index (Phi) is 6.12. The maximum atomic E-state index is 12.8. The number of carbonyl (C=O) groups is 2. The number of rotatable bonds is 6. The minimum absolute atomic E-state index is 0.169. The van der Waals surface area contributed by atoms with Crippen LogP contribution in [-0.2, 0) is 16.1 Å². The molecule has 29 heavy (non-hydrogen) atoms. The summed E-state index contributed by atoms with van der Waals surface area (Å²) in [5.41, 5.74) is 2.02. The molecule has 3 aromatic rings. The molecule has 0 bridgehead atoms. The van der Waals surface area contributed by atoms with E-state index in [0.29, 0.717) is 32.3 Å². The molecule has 0 unspecified atom stereocenters. The van der Waals surface area contributed by atoms with Crippen molar-refractivity contribution >= 4 is 39.1 Å². The maximum Gasteiger partial charge on any atom is 0.348 e. The fourth-order valence-corrected chi connectivity index (χ4v) is 4.00. The molecule has 2 heterocycles. The predicted molar refractivity (Wildman–Crippen MR) is 114 cm³/mol. The molecule has 1 N–H and O–H groups in total. The van der Waals surface area contributed by atoms with Crippen molar-refractivity contribution in [2.75, 3.05) is 11.9 Å². The van der Waals surface area contributed by atoms with Gasteiger partial charge in [-0.25, -0.2) is 9.78 Å². The van der Waals surface area contributed by atoms with Gasteiger partial charge in [-0.15, -0.1) is 11.3 Å². The van der Waals surface area contributed by atoms with Gasteiger partial charge in [0, 0.05) is 5.69 Å². The van der Waals surface area contributed by atoms with Crippen LogP contribution in [0.5, 0.6) is 0 Å². The van der Waals surface area contributed by atoms with Crippen LogP contribution in [0.2, 0.25) is 0 Å². The van der Waals surface area contributed by atoms with Crippen LogP contribution in [0, 0.1) is 6.92 Å². The number of benzene rings is 1. The molecular weight excluding hydrogens is 390 g/mol. The maximum absolute atomic E-state index is 12.8. The second kappa shape index (κ2) is 8.57. The summed E-state index contributed by atoms with van der Waals surface area (Å²) >= 11 is 1.12. The molecule has 0 saturated heterocycles. The predicted octanol–water partition coefficient (Wildman–Crippen LogP) is 3.71. The molecule has 0 spiro atoms. The van der Waals surface area contributed by atoms with Crippen molar-refractivity contribution < 1.29 is 14.3 Å². The summed E-state index contributed by atoms with van der Waals surface area (Å²) in [5.74, 6) is -0.393. The molecule has 0 radical (unpaired) electrons. The molecule has 0 aliphatic carbocycles. The van der Waals surface area contributed by atoms with Crippen molar-refractivity contribution in [2.45, 2.75) is 40.2 Å². The molecule has 0 atom stereocenters. The van der Waals surface area contributed by atoms with E-state index in [4.69, 9.17) is 4.74 Å². The smallest absolute Gasteiger partial charge is 0.348 e. The highest BCUT2D eigenvalue weighted by molar-refractivity contribution is 7.20. The van der Waals surface area contributed by atoms with E-state index in [1.807, 2.05) is 24.3 Å². The van der Waals surface area contributed by atoms with Crippen molar-refractivity contribution in [1.29, 1.82) is 0 Å². The van der Waals surface area contributed by atoms with Gasteiger partial charge < -0.3 is 10.1 Å². The summed E-state index contributed by atoms with van der Waals surface area (Å²) in [7, 11) is 0. The second-order valence-electron chi connectivity index (χ2n) is 6.96. The Balaban J connectivity index is 1.82. The molecule has 0 saturated carbocycles. The summed E-state index contributed by atoms with van der Waals surface area (Å²) in [6.45, 7) is 7.70. The number of thiophene rings is 1. The largest absolute Gasteiger partial charge is 0.462 e. The molecule has 0 aliphatic rings. The number of hydrogen-bond donors (Lipinski definition) is 1. The van der Waals surface area contributed by atoms with Crippen LogP contribution in [0.15, 0.2) is 35.4 Å². The number of carbonyl (C=O) groups excluding carboxylic acids is 2. The average molecular weight is 413 g/mol. The third-order valence-electron chi connectivity index (χ3n) is 4.55. The first-order valence-corrected chi connectivity index (χ1v) is 10.2. The van der Waals surface area contributed by atoms with Crippen molar-refractivity contribution in [2.24, 2.45) is 0 Å². The van der Waals surface area contributed by atoms with Gasteiger partial charge in [-0.3, -0.25) is 14.2 Å². The van der Waals surface area contributed by atoms with E-state index in [9.17, 15) is 14.4 Å². The van der Waals surface area contributed by atoms with Gasteiger partial charge in [0.25, 0.3) is 5.56 Å². The summed E-state index contributed by atoms with van der Waals surface area (Å²) in [6.07, 6.45) is 1.33. The fraction of sp³-hybridized carbons (Fsp3) is 0.333. The molecule has 152 valence electrons. The van der Waals surface area contributed by atoms with Crippen molar-refractivity contribution in [3.63, 3.8) is 0 Å². The van der Waals surface area contributed by atoms with E-state index < -0.39 is 5.97 Å². The number of anilines is 1. The lowest BCUT2D eigenvalue weighted by Crippen LogP contribution is -2.27. The number of fused-ring (bicyclic) bond motifs is 1. The number of ether oxygens (including phenoxy) is 1. The van der Waals surface area contributed by atoms with Gasteiger partial charge in [0.1, 0.15) is 16.3 Å². The topological polar surface area (TPSA) is 90.3 Å². The number of aromatic nitrogens is 2. The zero-order chi connectivity index (χ0) is 21.1. The Morgan fingerprint density at radius 2 is 1.93 bits per heavy atom. The molecular formula is C21H23N3O4S. The van der Waals surface area contributed by atoms with E-state index in [-0.39, 0.29) is 24.6 Å². The molecule has 7 nitrogen and oxygen atoms in total. The second-order valence-corrected chi connectivity index (χ2v) is 7.96. The molecule has 1 amide bonds. The van der Waals surface area contributed by atoms with Gasteiger partial charge in [-0.05, 0) is 43.0 Å². The van der Waals surface area contributed by atoms with Crippen LogP contribution in [0.25, 0.3) is 10.2 Å². The summed E-state index contributed by atoms with van der Waals surface area (Å²) in [6, 6.07) is 7.61. The van der Waals surface area contributed by atoms with Gasteiger partial charge in [-0.1, -0.05) is 26.0 Å². The summed E-state index contributed by atoms with van der Waals surface area (Å²) < 4.78 is 6.28. The lowest BCUT2D eigenvalue weighted by Gasteiger charge is -2.09. The van der Waals surface area contributed by atoms with Crippen LogP contribution in [0.4, 0.5) is 5.69 Å². The van der Waals surface area contributed by atoms with Crippen molar-refractivity contribution in [3.8, 4) is 0 Å². The number of amides is 1. The van der Waals surface area contributed by atoms with Gasteiger partial charge in [0.2, 0.25) is 5.91 Å². The molecule has 2 aromatic heterocycles. The average Bonchev–Trinajstić information content (AvgIpc) is 3.02. The Bertz CT molecular complexity index is 1110. The number of esters is 1. The van der Waals surface area contributed by atoms with Crippen LogP contribution in [0.1, 0.15) is 47.5 Å². The number of hydrogen-bond acceptors (Lipinski definition) is 6. The first-order valence-electron chi connectivity index (χ1n) is 9.37. The number of nitrogens with zero attached hydrogens (tertiary/aromatic N) is 2. The standard InChI is InChI=1S/C21H23N3O4S/c1-5-28-21(27)18-13(4)17-19(29-18)22-11-24(20(17)26)10-16(25)23-15-8-6-14(7-9-15)12(2)3/h6-9,11-12H,5,10H2,1-4H3,(H,23,25). The molecule has 0 fully saturated rings. The van der Waals surface area contributed by atoms with Gasteiger partial charge in [0.05, 0.1) is 18.3 Å². The lowest BCUT2D eigenvalue weighted by molar-refractivity contribution is -0.116. The van der Waals surface area contributed by atoms with E-state index in [1.165, 1.54) is 16.5 Å². The minimum Gasteiger partial charge on any atom is -0.462 e. The third kappa shape index (κ3) is 4.37. The molecule has 0 aliphatic heterocycles. The first kappa shape index (κ1) is 20.7. The highest BCUT2D eigenvalue weighted by Crippen LogP contribution is 2.27. The zero-order valence-electron chi connectivity index (χ0n) is 16.8. The number of nitrogens with one attached hydrogen (secondary N) is 1. The van der Waals surface area contributed by atoms with Crippen LogP contribution in [-0.4, -0.2) is 28.0 Å². The highest BCUT2D eigenvalue weighted by atomic mass is 32.1. The number of aryl methyl sites for hydroxylation is 1. The van der Waals surface area contributed by atoms with Crippen LogP contribution < -0.4 is 10.9 Å². The Hall–Kier alpha value is -3.00. The van der Waals surface area contributed by atoms with Gasteiger partial charge in [-0.2, -0.15) is 0 Å². The fourth-order valence-electron chi connectivity index (χ4n) is 2.97. The van der Waals surface area contributed by atoms with Crippen molar-refractivity contribution in [3.05, 3.63) is 57.0 Å². The van der Waals surface area contributed by atoms with Crippen LogP contribution in [0.3, 0.4) is 0 Å². The Morgan fingerprint density at radius 3 is 2.55 bits per heavy atom. The van der Waals surface area contributed by atoms with E-state index >= 15 is 0 Å². The Labute approximate surface area is 172 Å². The van der Waals surface area contributed by atoms with Crippen LogP contribution >= 0.6 is 11.3 Å². The van der Waals surface area contributed by atoms with Crippen molar-refractivity contribution in [1.82, 2.24) is 9.55 Å². The SMILES string of the molecule is CCOC(=O)c1sc2ncn(CC(=O)Nc3ccc(C(C)C)cc3)c(=O)c2c1C. The third-order valence-corrected chi connectivity index (χ3v) is 5.73. The van der Waals surface area contributed by atoms with E-state index in [0.717, 1.165) is 11.3 Å². The normalized spacial score (nSPS) is 11.1. The lowest BCUT2D eigenvalue weighted by atomic mass is 10.0. The first-order chi connectivity index (χ1) is 13.8. The van der Waals surface area contributed by atoms with Gasteiger partial charge in [0.15, 0.2) is 0 Å². The summed E-state index contributed by atoms with van der Waals surface area (Å²) in [4.78, 5) is 42.4. The highest BCUT2D eigenvalue weighted by Gasteiger charge is 2.20. The van der Waals surface area contributed by atoms with E-state index in [1.54, 1.807) is 13.8 Å². The molecule has 3 rings (SSSR count). The Morgan fingerprint density at radius 1 is 1.24 bits per heavy atom.